The topological polar surface area (TPSA) is 38.7 Å². The van der Waals surface area contributed by atoms with Crippen molar-refractivity contribution in [3.8, 4) is 22.6 Å². The zero-order valence-electron chi connectivity index (χ0n) is 22.1. The Labute approximate surface area is 213 Å². The van der Waals surface area contributed by atoms with Crippen molar-refractivity contribution in [2.45, 2.75) is 110 Å². The van der Waals surface area contributed by atoms with Crippen molar-refractivity contribution >= 4 is 0 Å². The van der Waals surface area contributed by atoms with Gasteiger partial charge in [0.1, 0.15) is 0 Å². The Kier molecular flexibility index (Phi) is 12.5. The lowest BCUT2D eigenvalue weighted by atomic mass is 10.0. The Morgan fingerprint density at radius 1 is 0.457 bits per heavy atom. The SMILES string of the molecule is CCCCCCCCCc1cnc(-c2ccc(-c3ccc(CCCCCCCC)cc3)nc2)nc1. The molecule has 0 aliphatic rings. The van der Waals surface area contributed by atoms with Gasteiger partial charge in [-0.3, -0.25) is 4.98 Å². The van der Waals surface area contributed by atoms with Crippen LogP contribution in [-0.4, -0.2) is 15.0 Å². The van der Waals surface area contributed by atoms with E-state index in [1.165, 1.54) is 101 Å². The minimum atomic E-state index is 0.752. The summed E-state index contributed by atoms with van der Waals surface area (Å²) >= 11 is 0. The number of benzene rings is 1. The Balaban J connectivity index is 1.43. The number of aryl methyl sites for hydroxylation is 2. The van der Waals surface area contributed by atoms with Gasteiger partial charge in [0.15, 0.2) is 5.82 Å². The largest absolute Gasteiger partial charge is 0.255 e. The monoisotopic (exact) mass is 471 g/mol. The lowest BCUT2D eigenvalue weighted by Gasteiger charge is -2.06. The van der Waals surface area contributed by atoms with Gasteiger partial charge in [0, 0.05) is 29.7 Å². The van der Waals surface area contributed by atoms with E-state index in [0.29, 0.717) is 0 Å². The van der Waals surface area contributed by atoms with Gasteiger partial charge in [-0.15, -0.1) is 0 Å². The highest BCUT2D eigenvalue weighted by Gasteiger charge is 2.05. The molecule has 3 nitrogen and oxygen atoms in total. The van der Waals surface area contributed by atoms with Gasteiger partial charge in [0.2, 0.25) is 0 Å². The van der Waals surface area contributed by atoms with Crippen LogP contribution in [0.4, 0.5) is 0 Å². The number of pyridine rings is 1. The Bertz CT molecular complexity index is 930. The van der Waals surface area contributed by atoms with E-state index in [-0.39, 0.29) is 0 Å². The van der Waals surface area contributed by atoms with E-state index < -0.39 is 0 Å². The van der Waals surface area contributed by atoms with Crippen LogP contribution in [0.2, 0.25) is 0 Å². The van der Waals surface area contributed by atoms with Crippen molar-refractivity contribution in [1.29, 1.82) is 0 Å². The molecule has 0 aliphatic carbocycles. The Hall–Kier alpha value is -2.55. The molecule has 3 heteroatoms. The first kappa shape index (κ1) is 27.0. The van der Waals surface area contributed by atoms with E-state index in [0.717, 1.165) is 29.1 Å². The predicted molar refractivity (Wildman–Crippen MR) is 149 cm³/mol. The van der Waals surface area contributed by atoms with Crippen molar-refractivity contribution in [3.05, 3.63) is 66.1 Å². The smallest absolute Gasteiger partial charge is 0.160 e. The summed E-state index contributed by atoms with van der Waals surface area (Å²) in [4.78, 5) is 13.9. The molecule has 0 bridgehead atoms. The van der Waals surface area contributed by atoms with Crippen LogP contribution in [0.15, 0.2) is 55.0 Å². The fourth-order valence-electron chi connectivity index (χ4n) is 4.57. The summed E-state index contributed by atoms with van der Waals surface area (Å²) in [5.41, 5.74) is 5.78. The lowest BCUT2D eigenvalue weighted by Crippen LogP contribution is -1.94. The molecule has 0 radical (unpaired) electrons. The summed E-state index contributed by atoms with van der Waals surface area (Å²) in [7, 11) is 0. The van der Waals surface area contributed by atoms with E-state index in [1.807, 2.05) is 18.6 Å². The first-order valence-electron chi connectivity index (χ1n) is 14.2. The Morgan fingerprint density at radius 2 is 0.971 bits per heavy atom. The summed E-state index contributed by atoms with van der Waals surface area (Å²) in [6.45, 7) is 4.54. The molecule has 0 amide bonds. The van der Waals surface area contributed by atoms with E-state index in [9.17, 15) is 0 Å². The third-order valence-electron chi connectivity index (χ3n) is 6.86. The molecule has 0 N–H and O–H groups in total. The highest BCUT2D eigenvalue weighted by molar-refractivity contribution is 5.63. The summed E-state index contributed by atoms with van der Waals surface area (Å²) in [5, 5.41) is 0. The van der Waals surface area contributed by atoms with Crippen LogP contribution in [-0.2, 0) is 12.8 Å². The molecule has 0 atom stereocenters. The number of aromatic nitrogens is 3. The van der Waals surface area contributed by atoms with Crippen LogP contribution < -0.4 is 0 Å². The third kappa shape index (κ3) is 9.92. The molecule has 2 aromatic heterocycles. The fraction of sp³-hybridized carbons (Fsp3) is 0.531. The van der Waals surface area contributed by atoms with E-state index in [1.54, 1.807) is 0 Å². The van der Waals surface area contributed by atoms with Gasteiger partial charge in [-0.2, -0.15) is 0 Å². The van der Waals surface area contributed by atoms with Gasteiger partial charge in [0.25, 0.3) is 0 Å². The molecule has 0 fully saturated rings. The van der Waals surface area contributed by atoms with E-state index in [4.69, 9.17) is 4.98 Å². The summed E-state index contributed by atoms with van der Waals surface area (Å²) < 4.78 is 0. The van der Waals surface area contributed by atoms with Crippen molar-refractivity contribution in [1.82, 2.24) is 15.0 Å². The molecule has 2 heterocycles. The normalized spacial score (nSPS) is 11.1. The number of rotatable bonds is 17. The maximum atomic E-state index is 4.69. The molecule has 3 rings (SSSR count). The average Bonchev–Trinajstić information content (AvgIpc) is 2.91. The average molecular weight is 472 g/mol. The quantitative estimate of drug-likeness (QED) is 0.184. The molecule has 3 aromatic rings. The number of nitrogens with zero attached hydrogens (tertiary/aromatic N) is 3. The molecule has 35 heavy (non-hydrogen) atoms. The maximum Gasteiger partial charge on any atom is 0.160 e. The van der Waals surface area contributed by atoms with Crippen LogP contribution in [0.1, 0.15) is 108 Å². The van der Waals surface area contributed by atoms with Crippen molar-refractivity contribution in [2.24, 2.45) is 0 Å². The zero-order chi connectivity index (χ0) is 24.6. The summed E-state index contributed by atoms with van der Waals surface area (Å²) in [6, 6.07) is 13.1. The molecular weight excluding hydrogens is 426 g/mol. The number of hydrogen-bond acceptors (Lipinski definition) is 3. The molecule has 0 unspecified atom stereocenters. The first-order chi connectivity index (χ1) is 17.3. The van der Waals surface area contributed by atoms with Gasteiger partial charge in [0.05, 0.1) is 5.69 Å². The highest BCUT2D eigenvalue weighted by atomic mass is 14.9. The van der Waals surface area contributed by atoms with Crippen molar-refractivity contribution < 1.29 is 0 Å². The second-order valence-corrected chi connectivity index (χ2v) is 9.93. The van der Waals surface area contributed by atoms with Crippen LogP contribution in [0.5, 0.6) is 0 Å². The molecule has 188 valence electrons. The fourth-order valence-corrected chi connectivity index (χ4v) is 4.57. The zero-order valence-corrected chi connectivity index (χ0v) is 22.1. The minimum absolute atomic E-state index is 0.752. The molecular formula is C32H45N3. The number of unbranched alkanes of at least 4 members (excludes halogenated alkanes) is 11. The van der Waals surface area contributed by atoms with Gasteiger partial charge in [-0.1, -0.05) is 109 Å². The van der Waals surface area contributed by atoms with Crippen LogP contribution >= 0.6 is 0 Å². The van der Waals surface area contributed by atoms with Gasteiger partial charge < -0.3 is 0 Å². The number of hydrogen-bond donors (Lipinski definition) is 0. The lowest BCUT2D eigenvalue weighted by molar-refractivity contribution is 0.589. The van der Waals surface area contributed by atoms with E-state index in [2.05, 4.69) is 60.2 Å². The third-order valence-corrected chi connectivity index (χ3v) is 6.86. The summed E-state index contributed by atoms with van der Waals surface area (Å²) in [5.74, 6) is 0.752. The molecule has 0 saturated carbocycles. The van der Waals surface area contributed by atoms with Crippen LogP contribution in [0, 0.1) is 0 Å². The Morgan fingerprint density at radius 3 is 1.51 bits per heavy atom. The highest BCUT2D eigenvalue weighted by Crippen LogP contribution is 2.22. The molecule has 0 saturated heterocycles. The predicted octanol–water partition coefficient (Wildman–Crippen LogP) is 9.40. The minimum Gasteiger partial charge on any atom is -0.255 e. The standard InChI is InChI=1S/C32H45N3/c1-3-5-7-9-11-13-15-17-28-24-34-32(35-25-28)30-22-23-31(33-26-30)29-20-18-27(19-21-29)16-14-12-10-8-6-4-2/h18-26H,3-17H2,1-2H3. The molecule has 0 spiro atoms. The second-order valence-electron chi connectivity index (χ2n) is 9.93. The van der Waals surface area contributed by atoms with E-state index >= 15 is 0 Å². The van der Waals surface area contributed by atoms with Crippen LogP contribution in [0.3, 0.4) is 0 Å². The molecule has 0 aliphatic heterocycles. The van der Waals surface area contributed by atoms with Gasteiger partial charge in [-0.05, 0) is 48.9 Å². The second kappa shape index (κ2) is 16.2. The van der Waals surface area contributed by atoms with Gasteiger partial charge >= 0.3 is 0 Å². The van der Waals surface area contributed by atoms with Gasteiger partial charge in [-0.25, -0.2) is 9.97 Å². The molecule has 1 aromatic carbocycles. The first-order valence-corrected chi connectivity index (χ1v) is 14.2. The van der Waals surface area contributed by atoms with Crippen molar-refractivity contribution in [2.75, 3.05) is 0 Å². The van der Waals surface area contributed by atoms with Crippen molar-refractivity contribution in [3.63, 3.8) is 0 Å². The summed E-state index contributed by atoms with van der Waals surface area (Å²) in [6.07, 6.45) is 25.5. The maximum absolute atomic E-state index is 4.69. The van der Waals surface area contributed by atoms with Crippen LogP contribution in [0.25, 0.3) is 22.6 Å².